The fourth-order valence-corrected chi connectivity index (χ4v) is 1.85. The molecule has 2 nitrogen and oxygen atoms in total. The molecule has 0 aliphatic heterocycles. The SMILES string of the molecule is O[C@H]1C[C@@H](OCc2ccccc2)C[C@@H]1F. The average Bonchev–Trinajstić information content (AvgIpc) is 2.57. The minimum atomic E-state index is -1.12. The molecule has 15 heavy (non-hydrogen) atoms. The standard InChI is InChI=1S/C12H15FO2/c13-11-6-10(7-12(11)14)15-8-9-4-2-1-3-5-9/h1-5,10-12,14H,6-8H2/t10-,11-,12-/m0/s1. The fraction of sp³-hybridized carbons (Fsp3) is 0.500. The van der Waals surface area contributed by atoms with Gasteiger partial charge in [0.1, 0.15) is 6.17 Å². The predicted molar refractivity (Wildman–Crippen MR) is 55.2 cm³/mol. The molecule has 2 rings (SSSR count). The van der Waals surface area contributed by atoms with Gasteiger partial charge in [0.2, 0.25) is 0 Å². The van der Waals surface area contributed by atoms with Crippen LogP contribution in [-0.2, 0) is 11.3 Å². The number of ether oxygens (including phenoxy) is 1. The second-order valence-electron chi connectivity index (χ2n) is 3.97. The molecule has 0 saturated heterocycles. The number of rotatable bonds is 3. The summed E-state index contributed by atoms with van der Waals surface area (Å²) in [7, 11) is 0. The first-order chi connectivity index (χ1) is 7.25. The first kappa shape index (κ1) is 10.6. The lowest BCUT2D eigenvalue weighted by Gasteiger charge is -2.10. The number of aliphatic hydroxyl groups excluding tert-OH is 1. The van der Waals surface area contributed by atoms with Crippen LogP contribution in [0.1, 0.15) is 18.4 Å². The molecule has 1 saturated carbocycles. The second-order valence-corrected chi connectivity index (χ2v) is 3.97. The zero-order valence-electron chi connectivity index (χ0n) is 8.47. The Morgan fingerprint density at radius 1 is 1.27 bits per heavy atom. The third-order valence-electron chi connectivity index (χ3n) is 2.74. The molecule has 0 unspecified atom stereocenters. The van der Waals surface area contributed by atoms with Gasteiger partial charge in [-0.25, -0.2) is 4.39 Å². The number of halogens is 1. The van der Waals surface area contributed by atoms with Crippen molar-refractivity contribution in [2.24, 2.45) is 0 Å². The number of aliphatic hydroxyl groups is 1. The molecule has 0 aromatic heterocycles. The molecule has 0 bridgehead atoms. The van der Waals surface area contributed by atoms with Crippen molar-refractivity contribution in [2.45, 2.75) is 37.8 Å². The molecular weight excluding hydrogens is 195 g/mol. The van der Waals surface area contributed by atoms with Gasteiger partial charge >= 0.3 is 0 Å². The lowest BCUT2D eigenvalue weighted by Crippen LogP contribution is -2.12. The molecule has 1 fully saturated rings. The summed E-state index contributed by atoms with van der Waals surface area (Å²) >= 11 is 0. The molecule has 1 aliphatic rings. The van der Waals surface area contributed by atoms with Gasteiger partial charge in [-0.05, 0) is 5.56 Å². The highest BCUT2D eigenvalue weighted by Crippen LogP contribution is 2.25. The van der Waals surface area contributed by atoms with E-state index >= 15 is 0 Å². The minimum absolute atomic E-state index is 0.143. The van der Waals surface area contributed by atoms with Crippen molar-refractivity contribution < 1.29 is 14.2 Å². The molecule has 1 aromatic rings. The van der Waals surface area contributed by atoms with Crippen LogP contribution in [0.3, 0.4) is 0 Å². The Labute approximate surface area is 88.7 Å². The van der Waals surface area contributed by atoms with E-state index in [0.717, 1.165) is 5.56 Å². The number of benzene rings is 1. The van der Waals surface area contributed by atoms with E-state index in [-0.39, 0.29) is 6.10 Å². The maximum atomic E-state index is 13.0. The summed E-state index contributed by atoms with van der Waals surface area (Å²) in [6, 6.07) is 9.78. The van der Waals surface area contributed by atoms with Gasteiger partial charge in [0, 0.05) is 12.8 Å². The zero-order valence-corrected chi connectivity index (χ0v) is 8.47. The molecule has 1 aliphatic carbocycles. The number of alkyl halides is 1. The summed E-state index contributed by atoms with van der Waals surface area (Å²) in [6.07, 6.45) is -1.38. The first-order valence-electron chi connectivity index (χ1n) is 5.23. The van der Waals surface area contributed by atoms with Gasteiger partial charge in [-0.1, -0.05) is 30.3 Å². The molecule has 0 radical (unpaired) electrons. The third-order valence-corrected chi connectivity index (χ3v) is 2.74. The largest absolute Gasteiger partial charge is 0.390 e. The first-order valence-corrected chi connectivity index (χ1v) is 5.23. The van der Waals surface area contributed by atoms with E-state index in [2.05, 4.69) is 0 Å². The molecule has 0 heterocycles. The van der Waals surface area contributed by atoms with Gasteiger partial charge in [0.05, 0.1) is 18.8 Å². The van der Waals surface area contributed by atoms with Gasteiger partial charge in [-0.3, -0.25) is 0 Å². The van der Waals surface area contributed by atoms with Crippen molar-refractivity contribution in [1.29, 1.82) is 0 Å². The molecule has 0 spiro atoms. The quantitative estimate of drug-likeness (QED) is 0.827. The average molecular weight is 210 g/mol. The highest BCUT2D eigenvalue weighted by molar-refractivity contribution is 5.13. The Morgan fingerprint density at radius 2 is 2.00 bits per heavy atom. The Balaban J connectivity index is 1.80. The van der Waals surface area contributed by atoms with Crippen molar-refractivity contribution in [1.82, 2.24) is 0 Å². The van der Waals surface area contributed by atoms with E-state index in [4.69, 9.17) is 4.74 Å². The third kappa shape index (κ3) is 2.76. The van der Waals surface area contributed by atoms with Crippen molar-refractivity contribution in [2.75, 3.05) is 0 Å². The second kappa shape index (κ2) is 4.73. The van der Waals surface area contributed by atoms with Crippen molar-refractivity contribution in [3.63, 3.8) is 0 Å². The van der Waals surface area contributed by atoms with Gasteiger partial charge in [-0.2, -0.15) is 0 Å². The molecule has 3 atom stereocenters. The van der Waals surface area contributed by atoms with Crippen LogP contribution in [0.25, 0.3) is 0 Å². The maximum absolute atomic E-state index is 13.0. The highest BCUT2D eigenvalue weighted by Gasteiger charge is 2.33. The number of hydrogen-bond donors (Lipinski definition) is 1. The molecule has 3 heteroatoms. The fourth-order valence-electron chi connectivity index (χ4n) is 1.85. The Kier molecular flexibility index (Phi) is 3.34. The van der Waals surface area contributed by atoms with E-state index in [1.807, 2.05) is 30.3 Å². The normalized spacial score (nSPS) is 30.7. The van der Waals surface area contributed by atoms with E-state index < -0.39 is 12.3 Å². The van der Waals surface area contributed by atoms with E-state index in [0.29, 0.717) is 19.4 Å². The summed E-state index contributed by atoms with van der Waals surface area (Å²) in [5.74, 6) is 0. The summed E-state index contributed by atoms with van der Waals surface area (Å²) in [5.41, 5.74) is 1.08. The maximum Gasteiger partial charge on any atom is 0.128 e. The van der Waals surface area contributed by atoms with Crippen LogP contribution in [0.15, 0.2) is 30.3 Å². The van der Waals surface area contributed by atoms with Crippen LogP contribution >= 0.6 is 0 Å². The van der Waals surface area contributed by atoms with Crippen LogP contribution in [0, 0.1) is 0 Å². The van der Waals surface area contributed by atoms with E-state index in [9.17, 15) is 9.50 Å². The van der Waals surface area contributed by atoms with Gasteiger partial charge in [0.25, 0.3) is 0 Å². The smallest absolute Gasteiger partial charge is 0.128 e. The molecule has 0 amide bonds. The van der Waals surface area contributed by atoms with Gasteiger partial charge < -0.3 is 9.84 Å². The van der Waals surface area contributed by atoms with Crippen molar-refractivity contribution in [3.8, 4) is 0 Å². The lowest BCUT2D eigenvalue weighted by molar-refractivity contribution is 0.0357. The topological polar surface area (TPSA) is 29.5 Å². The van der Waals surface area contributed by atoms with Crippen LogP contribution in [0.4, 0.5) is 4.39 Å². The Bertz CT molecular complexity index is 292. The van der Waals surface area contributed by atoms with E-state index in [1.54, 1.807) is 0 Å². The minimum Gasteiger partial charge on any atom is -0.390 e. The van der Waals surface area contributed by atoms with Crippen LogP contribution in [0.5, 0.6) is 0 Å². The monoisotopic (exact) mass is 210 g/mol. The summed E-state index contributed by atoms with van der Waals surface area (Å²) < 4.78 is 18.5. The summed E-state index contributed by atoms with van der Waals surface area (Å²) in [4.78, 5) is 0. The zero-order chi connectivity index (χ0) is 10.7. The van der Waals surface area contributed by atoms with Crippen LogP contribution in [0.2, 0.25) is 0 Å². The van der Waals surface area contributed by atoms with Crippen LogP contribution in [-0.4, -0.2) is 23.5 Å². The summed E-state index contributed by atoms with van der Waals surface area (Å²) in [6.45, 7) is 0.491. The molecular formula is C12H15FO2. The van der Waals surface area contributed by atoms with Crippen LogP contribution < -0.4 is 0 Å². The van der Waals surface area contributed by atoms with Gasteiger partial charge in [-0.15, -0.1) is 0 Å². The van der Waals surface area contributed by atoms with Crippen molar-refractivity contribution in [3.05, 3.63) is 35.9 Å². The predicted octanol–water partition coefficient (Wildman–Crippen LogP) is 2.06. The Morgan fingerprint density at radius 3 is 2.60 bits per heavy atom. The molecule has 1 N–H and O–H groups in total. The summed E-state index contributed by atoms with van der Waals surface area (Å²) in [5, 5.41) is 9.21. The Hall–Kier alpha value is -0.930. The van der Waals surface area contributed by atoms with Crippen molar-refractivity contribution >= 4 is 0 Å². The number of hydrogen-bond acceptors (Lipinski definition) is 2. The van der Waals surface area contributed by atoms with E-state index in [1.165, 1.54) is 0 Å². The lowest BCUT2D eigenvalue weighted by atomic mass is 10.2. The molecule has 82 valence electrons. The molecule has 1 aromatic carbocycles. The highest BCUT2D eigenvalue weighted by atomic mass is 19.1. The van der Waals surface area contributed by atoms with Gasteiger partial charge in [0.15, 0.2) is 0 Å².